The Kier molecular flexibility index (Phi) is 4.76. The SMILES string of the molecule is CCNCc1c(N2CCCCCCC2)nc2ccccn12. The lowest BCUT2D eigenvalue weighted by Gasteiger charge is -2.26. The highest BCUT2D eigenvalue weighted by molar-refractivity contribution is 5.56. The standard InChI is InChI=1S/C17H26N4/c1-2-18-14-15-17(19-16-10-6-9-13-21(15)16)20-11-7-4-3-5-8-12-20/h6,9-10,13,18H,2-5,7-8,11-12,14H2,1H3. The predicted molar refractivity (Wildman–Crippen MR) is 87.9 cm³/mol. The van der Waals surface area contributed by atoms with Gasteiger partial charge in [-0.3, -0.25) is 0 Å². The van der Waals surface area contributed by atoms with Gasteiger partial charge in [-0.25, -0.2) is 4.98 Å². The summed E-state index contributed by atoms with van der Waals surface area (Å²) in [5, 5.41) is 3.46. The van der Waals surface area contributed by atoms with E-state index in [4.69, 9.17) is 4.98 Å². The minimum absolute atomic E-state index is 0.882. The van der Waals surface area contributed by atoms with Gasteiger partial charge in [0.05, 0.1) is 5.69 Å². The molecular weight excluding hydrogens is 260 g/mol. The van der Waals surface area contributed by atoms with Gasteiger partial charge in [0.2, 0.25) is 0 Å². The summed E-state index contributed by atoms with van der Waals surface area (Å²) in [5.74, 6) is 1.18. The molecule has 0 saturated carbocycles. The maximum atomic E-state index is 4.91. The Labute approximate surface area is 127 Å². The average Bonchev–Trinajstić information content (AvgIpc) is 2.83. The summed E-state index contributed by atoms with van der Waals surface area (Å²) in [7, 11) is 0. The smallest absolute Gasteiger partial charge is 0.152 e. The van der Waals surface area contributed by atoms with E-state index in [1.165, 1.54) is 43.6 Å². The van der Waals surface area contributed by atoms with Crippen LogP contribution in [0, 0.1) is 0 Å². The normalized spacial score (nSPS) is 16.9. The van der Waals surface area contributed by atoms with E-state index in [1.54, 1.807) is 0 Å². The molecule has 4 nitrogen and oxygen atoms in total. The highest BCUT2D eigenvalue weighted by Gasteiger charge is 2.18. The fraction of sp³-hybridized carbons (Fsp3) is 0.588. The molecule has 0 aromatic carbocycles. The van der Waals surface area contributed by atoms with E-state index < -0.39 is 0 Å². The van der Waals surface area contributed by atoms with Crippen LogP contribution >= 0.6 is 0 Å². The van der Waals surface area contributed by atoms with Crippen LogP contribution in [0.15, 0.2) is 24.4 Å². The van der Waals surface area contributed by atoms with Crippen molar-refractivity contribution >= 4 is 11.5 Å². The molecule has 0 amide bonds. The highest BCUT2D eigenvalue weighted by atomic mass is 15.2. The van der Waals surface area contributed by atoms with E-state index in [1.807, 2.05) is 0 Å². The van der Waals surface area contributed by atoms with Gasteiger partial charge in [-0.1, -0.05) is 32.3 Å². The number of fused-ring (bicyclic) bond motifs is 1. The molecule has 0 bridgehead atoms. The number of pyridine rings is 1. The van der Waals surface area contributed by atoms with Crippen molar-refractivity contribution in [3.8, 4) is 0 Å². The monoisotopic (exact) mass is 286 g/mol. The quantitative estimate of drug-likeness (QED) is 0.936. The second kappa shape index (κ2) is 6.94. The summed E-state index contributed by atoms with van der Waals surface area (Å²) >= 11 is 0. The average molecular weight is 286 g/mol. The van der Waals surface area contributed by atoms with Crippen LogP contribution in [0.1, 0.15) is 44.7 Å². The number of hydrogen-bond donors (Lipinski definition) is 1. The Bertz CT molecular complexity index is 567. The number of aromatic nitrogens is 2. The van der Waals surface area contributed by atoms with Gasteiger partial charge in [-0.2, -0.15) is 0 Å². The first-order valence-corrected chi connectivity index (χ1v) is 8.32. The van der Waals surface area contributed by atoms with Crippen molar-refractivity contribution in [1.29, 1.82) is 0 Å². The Morgan fingerprint density at radius 1 is 1.10 bits per heavy atom. The molecule has 1 aliphatic rings. The van der Waals surface area contributed by atoms with Gasteiger partial charge in [0, 0.05) is 25.8 Å². The first kappa shape index (κ1) is 14.4. The fourth-order valence-corrected chi connectivity index (χ4v) is 3.15. The molecule has 0 radical (unpaired) electrons. The van der Waals surface area contributed by atoms with E-state index >= 15 is 0 Å². The molecule has 1 aliphatic heterocycles. The topological polar surface area (TPSA) is 32.6 Å². The molecule has 3 rings (SSSR count). The zero-order chi connectivity index (χ0) is 14.5. The second-order valence-corrected chi connectivity index (χ2v) is 5.85. The molecule has 1 N–H and O–H groups in total. The first-order chi connectivity index (χ1) is 10.4. The van der Waals surface area contributed by atoms with Gasteiger partial charge in [0.15, 0.2) is 5.82 Å². The minimum atomic E-state index is 0.882. The number of rotatable bonds is 4. The van der Waals surface area contributed by atoms with Gasteiger partial charge in [0.1, 0.15) is 5.65 Å². The van der Waals surface area contributed by atoms with Crippen molar-refractivity contribution < 1.29 is 0 Å². The molecule has 4 heteroatoms. The van der Waals surface area contributed by atoms with Crippen LogP contribution < -0.4 is 10.2 Å². The fourth-order valence-electron chi connectivity index (χ4n) is 3.15. The zero-order valence-corrected chi connectivity index (χ0v) is 13.0. The summed E-state index contributed by atoms with van der Waals surface area (Å²) in [6.45, 7) is 6.30. The van der Waals surface area contributed by atoms with Crippen molar-refractivity contribution in [1.82, 2.24) is 14.7 Å². The summed E-state index contributed by atoms with van der Waals surface area (Å²) < 4.78 is 2.23. The second-order valence-electron chi connectivity index (χ2n) is 5.85. The van der Waals surface area contributed by atoms with Crippen molar-refractivity contribution in [2.75, 3.05) is 24.5 Å². The van der Waals surface area contributed by atoms with Gasteiger partial charge in [-0.05, 0) is 31.5 Å². The molecule has 114 valence electrons. The molecule has 0 spiro atoms. The van der Waals surface area contributed by atoms with E-state index in [0.29, 0.717) is 0 Å². The van der Waals surface area contributed by atoms with Crippen molar-refractivity contribution in [3.05, 3.63) is 30.1 Å². The lowest BCUT2D eigenvalue weighted by atomic mass is 10.1. The lowest BCUT2D eigenvalue weighted by Crippen LogP contribution is -2.29. The highest BCUT2D eigenvalue weighted by Crippen LogP contribution is 2.24. The minimum Gasteiger partial charge on any atom is -0.355 e. The van der Waals surface area contributed by atoms with Gasteiger partial charge in [0.25, 0.3) is 0 Å². The Morgan fingerprint density at radius 3 is 2.62 bits per heavy atom. The molecule has 1 fully saturated rings. The molecule has 2 aromatic heterocycles. The third kappa shape index (κ3) is 3.21. The molecule has 0 aliphatic carbocycles. The zero-order valence-electron chi connectivity index (χ0n) is 13.0. The van der Waals surface area contributed by atoms with Crippen molar-refractivity contribution in [3.63, 3.8) is 0 Å². The van der Waals surface area contributed by atoms with Crippen LogP contribution in [-0.4, -0.2) is 29.0 Å². The van der Waals surface area contributed by atoms with E-state index in [-0.39, 0.29) is 0 Å². The Balaban J connectivity index is 1.94. The van der Waals surface area contributed by atoms with E-state index in [0.717, 1.165) is 31.8 Å². The summed E-state index contributed by atoms with van der Waals surface area (Å²) in [6, 6.07) is 6.25. The van der Waals surface area contributed by atoms with E-state index in [2.05, 4.69) is 45.9 Å². The summed E-state index contributed by atoms with van der Waals surface area (Å²) in [6.07, 6.45) is 8.80. The van der Waals surface area contributed by atoms with Crippen LogP contribution in [-0.2, 0) is 6.54 Å². The maximum Gasteiger partial charge on any atom is 0.152 e. The molecule has 21 heavy (non-hydrogen) atoms. The third-order valence-corrected chi connectivity index (χ3v) is 4.31. The van der Waals surface area contributed by atoms with Crippen molar-refractivity contribution in [2.45, 2.75) is 45.6 Å². The van der Waals surface area contributed by atoms with Crippen LogP contribution in [0.3, 0.4) is 0 Å². The van der Waals surface area contributed by atoms with Crippen LogP contribution in [0.2, 0.25) is 0 Å². The molecule has 1 saturated heterocycles. The molecule has 0 unspecified atom stereocenters. The molecule has 0 atom stereocenters. The van der Waals surface area contributed by atoms with Gasteiger partial charge < -0.3 is 14.6 Å². The van der Waals surface area contributed by atoms with Crippen molar-refractivity contribution in [2.24, 2.45) is 0 Å². The Morgan fingerprint density at radius 2 is 1.86 bits per heavy atom. The van der Waals surface area contributed by atoms with Gasteiger partial charge in [-0.15, -0.1) is 0 Å². The molecular formula is C17H26N4. The summed E-state index contributed by atoms with van der Waals surface area (Å²) in [4.78, 5) is 7.41. The first-order valence-electron chi connectivity index (χ1n) is 8.32. The number of nitrogens with zero attached hydrogens (tertiary/aromatic N) is 3. The van der Waals surface area contributed by atoms with Crippen LogP contribution in [0.4, 0.5) is 5.82 Å². The number of imidazole rings is 1. The molecule has 2 aromatic rings. The third-order valence-electron chi connectivity index (χ3n) is 4.31. The van der Waals surface area contributed by atoms with Crippen LogP contribution in [0.25, 0.3) is 5.65 Å². The number of hydrogen-bond acceptors (Lipinski definition) is 3. The number of nitrogens with one attached hydrogen (secondary N) is 1. The predicted octanol–water partition coefficient (Wildman–Crippen LogP) is 3.21. The van der Waals surface area contributed by atoms with E-state index in [9.17, 15) is 0 Å². The molecule has 3 heterocycles. The Hall–Kier alpha value is -1.55. The lowest BCUT2D eigenvalue weighted by molar-refractivity contribution is 0.552. The van der Waals surface area contributed by atoms with Gasteiger partial charge >= 0.3 is 0 Å². The van der Waals surface area contributed by atoms with Crippen LogP contribution in [0.5, 0.6) is 0 Å². The largest absolute Gasteiger partial charge is 0.355 e. The summed E-state index contributed by atoms with van der Waals surface area (Å²) in [5.41, 5.74) is 2.36. The number of anilines is 1. The maximum absolute atomic E-state index is 4.91.